The van der Waals surface area contributed by atoms with Gasteiger partial charge in [-0.2, -0.15) is 0 Å². The van der Waals surface area contributed by atoms with Crippen molar-refractivity contribution in [1.82, 2.24) is 15.2 Å². The number of aliphatic hydroxyl groups excluding tert-OH is 1. The summed E-state index contributed by atoms with van der Waals surface area (Å²) in [5, 5.41) is 14.9. The minimum absolute atomic E-state index is 0.00138. The van der Waals surface area contributed by atoms with Crippen LogP contribution >= 0.6 is 11.3 Å². The quantitative estimate of drug-likeness (QED) is 0.749. The second-order valence-corrected chi connectivity index (χ2v) is 5.52. The van der Waals surface area contributed by atoms with Crippen LogP contribution in [-0.2, 0) is 0 Å². The van der Waals surface area contributed by atoms with E-state index >= 15 is 0 Å². The van der Waals surface area contributed by atoms with Gasteiger partial charge in [0.25, 0.3) is 0 Å². The van der Waals surface area contributed by atoms with Crippen LogP contribution in [0.3, 0.4) is 0 Å². The third kappa shape index (κ3) is 3.78. The monoisotopic (exact) mass is 281 g/mol. The van der Waals surface area contributed by atoms with Crippen molar-refractivity contribution in [3.63, 3.8) is 0 Å². The van der Waals surface area contributed by atoms with Gasteiger partial charge in [0.05, 0.1) is 12.6 Å². The summed E-state index contributed by atoms with van der Waals surface area (Å²) in [4.78, 5) is 18.0. The molecular formula is C13H19N3O2S. The number of aliphatic hydroxyl groups is 1. The Morgan fingerprint density at radius 2 is 2.53 bits per heavy atom. The van der Waals surface area contributed by atoms with Crippen LogP contribution in [0.25, 0.3) is 0 Å². The van der Waals surface area contributed by atoms with Gasteiger partial charge in [-0.25, -0.2) is 9.78 Å². The Morgan fingerprint density at radius 3 is 3.05 bits per heavy atom. The molecular weight excluding hydrogens is 262 g/mol. The number of carbonyl (C=O) groups excluding carboxylic acids is 1. The van der Waals surface area contributed by atoms with Crippen molar-refractivity contribution in [3.8, 4) is 0 Å². The Bertz CT molecular complexity index is 418. The summed E-state index contributed by atoms with van der Waals surface area (Å²) >= 11 is 1.57. The van der Waals surface area contributed by atoms with E-state index in [1.165, 1.54) is 0 Å². The van der Waals surface area contributed by atoms with E-state index in [-0.39, 0.29) is 18.7 Å². The molecule has 1 heterocycles. The lowest BCUT2D eigenvalue weighted by atomic mass is 10.2. The molecule has 19 heavy (non-hydrogen) atoms. The maximum absolute atomic E-state index is 12.2. The highest BCUT2D eigenvalue weighted by Crippen LogP contribution is 2.41. The van der Waals surface area contributed by atoms with Crippen molar-refractivity contribution >= 4 is 17.4 Å². The molecule has 1 aromatic rings. The van der Waals surface area contributed by atoms with Gasteiger partial charge in [0.2, 0.25) is 0 Å². The number of hydrogen-bond acceptors (Lipinski definition) is 4. The Hall–Kier alpha value is -1.40. The lowest BCUT2D eigenvalue weighted by Gasteiger charge is -2.24. The number of aromatic nitrogens is 1. The molecule has 1 aliphatic carbocycles. The molecule has 1 unspecified atom stereocenters. The minimum atomic E-state index is -0.166. The largest absolute Gasteiger partial charge is 0.395 e. The first-order valence-electron chi connectivity index (χ1n) is 6.43. The first kappa shape index (κ1) is 14.0. The number of nitrogens with one attached hydrogen (secondary N) is 1. The standard InChI is InChI=1S/C13H19N3O2S/c1-2-6-16(7-8-17)13(18)15-11(10-3-4-10)12-14-5-9-19-12/h2,5,9-11,17H,1,3-4,6-8H2,(H,15,18). The van der Waals surface area contributed by atoms with E-state index in [0.29, 0.717) is 19.0 Å². The first-order chi connectivity index (χ1) is 9.26. The Balaban J connectivity index is 2.00. The lowest BCUT2D eigenvalue weighted by molar-refractivity contribution is 0.179. The van der Waals surface area contributed by atoms with Crippen molar-refractivity contribution in [1.29, 1.82) is 0 Å². The van der Waals surface area contributed by atoms with E-state index in [4.69, 9.17) is 5.11 Å². The van der Waals surface area contributed by atoms with Crippen LogP contribution in [0.15, 0.2) is 24.2 Å². The van der Waals surface area contributed by atoms with Crippen molar-refractivity contribution in [2.24, 2.45) is 5.92 Å². The molecule has 1 aliphatic rings. The van der Waals surface area contributed by atoms with Crippen LogP contribution in [0, 0.1) is 5.92 Å². The Morgan fingerprint density at radius 1 is 1.74 bits per heavy atom. The summed E-state index contributed by atoms with van der Waals surface area (Å²) in [6, 6.07) is -0.167. The maximum Gasteiger partial charge on any atom is 0.318 e. The minimum Gasteiger partial charge on any atom is -0.395 e. The molecule has 0 saturated heterocycles. The van der Waals surface area contributed by atoms with E-state index in [9.17, 15) is 4.79 Å². The number of rotatable bonds is 7. The number of amides is 2. The van der Waals surface area contributed by atoms with Crippen LogP contribution in [0.4, 0.5) is 4.79 Å². The Kier molecular flexibility index (Phi) is 4.93. The van der Waals surface area contributed by atoms with Crippen LogP contribution in [0.1, 0.15) is 23.9 Å². The summed E-state index contributed by atoms with van der Waals surface area (Å²) in [5.41, 5.74) is 0. The molecule has 104 valence electrons. The molecule has 2 N–H and O–H groups in total. The fourth-order valence-electron chi connectivity index (χ4n) is 1.98. The predicted molar refractivity (Wildman–Crippen MR) is 75.0 cm³/mol. The lowest BCUT2D eigenvalue weighted by Crippen LogP contribution is -2.43. The number of thiazole rings is 1. The summed E-state index contributed by atoms with van der Waals surface area (Å²) in [5.74, 6) is 0.495. The molecule has 0 aromatic carbocycles. The number of urea groups is 1. The summed E-state index contributed by atoms with van der Waals surface area (Å²) in [7, 11) is 0. The predicted octanol–water partition coefficient (Wildman–Crippen LogP) is 1.78. The smallest absolute Gasteiger partial charge is 0.318 e. The summed E-state index contributed by atoms with van der Waals surface area (Å²) < 4.78 is 0. The van der Waals surface area contributed by atoms with Crippen LogP contribution in [0.2, 0.25) is 0 Å². The molecule has 0 radical (unpaired) electrons. The summed E-state index contributed by atoms with van der Waals surface area (Å²) in [6.07, 6.45) is 5.68. The molecule has 2 amide bonds. The van der Waals surface area contributed by atoms with Gasteiger partial charge in [-0.15, -0.1) is 17.9 Å². The van der Waals surface area contributed by atoms with Crippen molar-refractivity contribution in [2.75, 3.05) is 19.7 Å². The average molecular weight is 281 g/mol. The average Bonchev–Trinajstić information content (AvgIpc) is 3.10. The SMILES string of the molecule is C=CCN(CCO)C(=O)NC(c1nccs1)C1CC1. The zero-order valence-electron chi connectivity index (χ0n) is 10.8. The molecule has 1 saturated carbocycles. The number of hydrogen-bond donors (Lipinski definition) is 2. The van der Waals surface area contributed by atoms with Crippen LogP contribution in [-0.4, -0.2) is 40.7 Å². The second-order valence-electron chi connectivity index (χ2n) is 4.59. The van der Waals surface area contributed by atoms with Gasteiger partial charge in [-0.05, 0) is 18.8 Å². The van der Waals surface area contributed by atoms with Gasteiger partial charge in [-0.3, -0.25) is 0 Å². The molecule has 1 fully saturated rings. The van der Waals surface area contributed by atoms with E-state index in [1.807, 2.05) is 5.38 Å². The van der Waals surface area contributed by atoms with Crippen molar-refractivity contribution < 1.29 is 9.90 Å². The molecule has 6 heteroatoms. The van der Waals surface area contributed by atoms with E-state index in [2.05, 4.69) is 16.9 Å². The zero-order valence-corrected chi connectivity index (χ0v) is 11.6. The van der Waals surface area contributed by atoms with E-state index in [1.54, 1.807) is 28.5 Å². The van der Waals surface area contributed by atoms with Gasteiger partial charge in [0, 0.05) is 24.7 Å². The third-order valence-electron chi connectivity index (χ3n) is 3.10. The third-order valence-corrected chi connectivity index (χ3v) is 3.96. The van der Waals surface area contributed by atoms with Crippen LogP contribution < -0.4 is 5.32 Å². The van der Waals surface area contributed by atoms with E-state index in [0.717, 1.165) is 17.8 Å². The van der Waals surface area contributed by atoms with Gasteiger partial charge >= 0.3 is 6.03 Å². The van der Waals surface area contributed by atoms with Gasteiger partial charge in [0.1, 0.15) is 5.01 Å². The Labute approximate surface area is 117 Å². The van der Waals surface area contributed by atoms with Crippen LogP contribution in [0.5, 0.6) is 0 Å². The highest BCUT2D eigenvalue weighted by molar-refractivity contribution is 7.09. The number of carbonyl (C=O) groups is 1. The molecule has 5 nitrogen and oxygen atoms in total. The molecule has 0 aliphatic heterocycles. The number of nitrogens with zero attached hydrogens (tertiary/aromatic N) is 2. The van der Waals surface area contributed by atoms with Gasteiger partial charge in [0.15, 0.2) is 0 Å². The molecule has 2 rings (SSSR count). The van der Waals surface area contributed by atoms with Gasteiger partial charge in [-0.1, -0.05) is 6.08 Å². The fraction of sp³-hybridized carbons (Fsp3) is 0.538. The fourth-order valence-corrected chi connectivity index (χ4v) is 2.76. The van der Waals surface area contributed by atoms with Crippen molar-refractivity contribution in [3.05, 3.63) is 29.2 Å². The van der Waals surface area contributed by atoms with Crippen molar-refractivity contribution in [2.45, 2.75) is 18.9 Å². The van der Waals surface area contributed by atoms with Gasteiger partial charge < -0.3 is 15.3 Å². The molecule has 1 atom stereocenters. The second kappa shape index (κ2) is 6.68. The molecule has 0 bridgehead atoms. The first-order valence-corrected chi connectivity index (χ1v) is 7.30. The molecule has 0 spiro atoms. The molecule has 1 aromatic heterocycles. The highest BCUT2D eigenvalue weighted by atomic mass is 32.1. The normalized spacial score (nSPS) is 15.8. The topological polar surface area (TPSA) is 65.5 Å². The maximum atomic E-state index is 12.2. The van der Waals surface area contributed by atoms with E-state index < -0.39 is 0 Å². The summed E-state index contributed by atoms with van der Waals surface area (Å²) in [6.45, 7) is 4.32. The zero-order chi connectivity index (χ0) is 13.7. The highest BCUT2D eigenvalue weighted by Gasteiger charge is 2.35.